The quantitative estimate of drug-likeness (QED) is 0.357. The van der Waals surface area contributed by atoms with Crippen LogP contribution >= 0.6 is 0 Å². The first-order valence-corrected chi connectivity index (χ1v) is 8.32. The minimum absolute atomic E-state index is 0. The molecule has 1 heterocycles. The summed E-state index contributed by atoms with van der Waals surface area (Å²) in [6.07, 6.45) is 0. The van der Waals surface area contributed by atoms with Gasteiger partial charge in [0.05, 0.1) is 34.2 Å². The molecule has 3 rings (SSSR count). The van der Waals surface area contributed by atoms with Gasteiger partial charge in [-0.15, -0.1) is 0 Å². The summed E-state index contributed by atoms with van der Waals surface area (Å²) in [4.78, 5) is 14.1. The van der Waals surface area contributed by atoms with Gasteiger partial charge in [-0.2, -0.15) is 0 Å². The smallest absolute Gasteiger partial charge is 1.00 e. The Balaban J connectivity index is 0. The molecule has 0 fully saturated rings. The number of hydrogen-bond donors (Lipinski definition) is 0. The second kappa shape index (κ2) is 14.4. The third kappa shape index (κ3) is 8.73. The molecule has 150 valence electrons. The van der Waals surface area contributed by atoms with E-state index in [4.69, 9.17) is 4.98 Å². The maximum absolute atomic E-state index is 4.76. The van der Waals surface area contributed by atoms with Gasteiger partial charge in [0.1, 0.15) is 0 Å². The normalized spacial score (nSPS) is 10.6. The monoisotopic (exact) mass is 483 g/mol. The minimum Gasteiger partial charge on any atom is -1.00 e. The van der Waals surface area contributed by atoms with Crippen LogP contribution in [-0.2, 0) is 18.6 Å². The van der Waals surface area contributed by atoms with Crippen molar-refractivity contribution >= 4 is 22.8 Å². The van der Waals surface area contributed by atoms with Crippen LogP contribution in [0, 0.1) is 6.92 Å². The van der Waals surface area contributed by atoms with Gasteiger partial charge >= 0.3 is 18.6 Å². The van der Waals surface area contributed by atoms with Gasteiger partial charge < -0.3 is 37.2 Å². The topological polar surface area (TPSA) is 37.6 Å². The summed E-state index contributed by atoms with van der Waals surface area (Å²) in [5, 5.41) is 0. The van der Waals surface area contributed by atoms with E-state index in [1.165, 1.54) is 0 Å². The number of hydrogen-bond acceptors (Lipinski definition) is 3. The van der Waals surface area contributed by atoms with Gasteiger partial charge in [0.2, 0.25) is 0 Å². The molecule has 0 amide bonds. The number of halogens is 3. The first kappa shape index (κ1) is 29.6. The summed E-state index contributed by atoms with van der Waals surface area (Å²) in [7, 11) is 0. The molecule has 0 radical (unpaired) electrons. The van der Waals surface area contributed by atoms with Crippen LogP contribution in [0.5, 0.6) is 0 Å². The SMILES string of the molecule is CC(=Nc1ccccc1)c1cc(C)cc(C(C)=Nc2ccccc2)n1.[Cl-].[Cl-].[Cl-].[V+3]. The van der Waals surface area contributed by atoms with Gasteiger partial charge in [0.15, 0.2) is 0 Å². The molecular weight excluding hydrogens is 464 g/mol. The molecule has 0 saturated carbocycles. The van der Waals surface area contributed by atoms with E-state index in [-0.39, 0.29) is 55.8 Å². The predicted molar refractivity (Wildman–Crippen MR) is 106 cm³/mol. The van der Waals surface area contributed by atoms with E-state index in [9.17, 15) is 0 Å². The van der Waals surface area contributed by atoms with Crippen LogP contribution in [0.15, 0.2) is 82.8 Å². The average molecular weight is 485 g/mol. The second-order valence-electron chi connectivity index (χ2n) is 5.98. The van der Waals surface area contributed by atoms with E-state index >= 15 is 0 Å². The Morgan fingerprint density at radius 3 is 1.34 bits per heavy atom. The fraction of sp³-hybridized carbons (Fsp3) is 0.136. The van der Waals surface area contributed by atoms with E-state index in [0.717, 1.165) is 39.7 Å². The molecule has 0 aliphatic heterocycles. The van der Waals surface area contributed by atoms with Crippen LogP contribution in [0.2, 0.25) is 0 Å². The van der Waals surface area contributed by atoms with Gasteiger partial charge in [0, 0.05) is 0 Å². The van der Waals surface area contributed by atoms with E-state index < -0.39 is 0 Å². The Hall–Kier alpha value is -1.62. The van der Waals surface area contributed by atoms with Crippen molar-refractivity contribution in [3.63, 3.8) is 0 Å². The van der Waals surface area contributed by atoms with Crippen LogP contribution in [0.1, 0.15) is 30.8 Å². The molecular formula is C22H21Cl3N3V. The molecule has 0 unspecified atom stereocenters. The fourth-order valence-electron chi connectivity index (χ4n) is 2.54. The number of aliphatic imine (C=N–C) groups is 2. The number of benzene rings is 2. The van der Waals surface area contributed by atoms with E-state index in [1.54, 1.807) is 0 Å². The van der Waals surface area contributed by atoms with Crippen molar-refractivity contribution < 1.29 is 55.8 Å². The summed E-state index contributed by atoms with van der Waals surface area (Å²) >= 11 is 0. The van der Waals surface area contributed by atoms with Crippen molar-refractivity contribution in [3.05, 3.63) is 89.7 Å². The third-order valence-corrected chi connectivity index (χ3v) is 3.82. The van der Waals surface area contributed by atoms with Crippen molar-refractivity contribution in [2.45, 2.75) is 20.8 Å². The molecule has 2 aromatic carbocycles. The summed E-state index contributed by atoms with van der Waals surface area (Å²) < 4.78 is 0. The minimum atomic E-state index is 0. The molecule has 0 spiro atoms. The zero-order valence-electron chi connectivity index (χ0n) is 16.4. The maximum atomic E-state index is 4.76. The van der Waals surface area contributed by atoms with Crippen molar-refractivity contribution in [2.24, 2.45) is 9.98 Å². The number of aryl methyl sites for hydroxylation is 1. The van der Waals surface area contributed by atoms with Crippen LogP contribution in [0.25, 0.3) is 0 Å². The molecule has 0 saturated heterocycles. The molecule has 1 aromatic heterocycles. The van der Waals surface area contributed by atoms with E-state index in [0.29, 0.717) is 0 Å². The predicted octanol–water partition coefficient (Wildman–Crippen LogP) is -3.32. The van der Waals surface area contributed by atoms with Crippen LogP contribution in [0.4, 0.5) is 11.4 Å². The Bertz CT molecular complexity index is 857. The van der Waals surface area contributed by atoms with Gasteiger partial charge in [-0.3, -0.25) is 9.98 Å². The van der Waals surface area contributed by atoms with Crippen LogP contribution < -0.4 is 37.2 Å². The molecule has 3 aromatic rings. The molecule has 3 nitrogen and oxygen atoms in total. The number of pyridine rings is 1. The Morgan fingerprint density at radius 2 is 1.00 bits per heavy atom. The van der Waals surface area contributed by atoms with E-state index in [2.05, 4.69) is 29.0 Å². The molecule has 0 bridgehead atoms. The number of nitrogens with zero attached hydrogens (tertiary/aromatic N) is 3. The molecule has 7 heteroatoms. The molecule has 0 aliphatic rings. The van der Waals surface area contributed by atoms with Crippen molar-refractivity contribution in [2.75, 3.05) is 0 Å². The van der Waals surface area contributed by atoms with Crippen LogP contribution in [-0.4, -0.2) is 16.4 Å². The summed E-state index contributed by atoms with van der Waals surface area (Å²) in [5.41, 5.74) is 6.54. The first-order chi connectivity index (χ1) is 12.1. The standard InChI is InChI=1S/C22H21N3.3ClH.V/c1-16-14-21(17(2)23-19-10-6-4-7-11-19)25-22(15-16)18(3)24-20-12-8-5-9-13-20;;;;/h4-15H,1-3H3;3*1H;/q;;;;+3/p-3. The van der Waals surface area contributed by atoms with Gasteiger partial charge in [-0.25, -0.2) is 4.98 Å². The number of rotatable bonds is 4. The number of aromatic nitrogens is 1. The molecule has 0 aliphatic carbocycles. The van der Waals surface area contributed by atoms with Gasteiger partial charge in [-0.05, 0) is 62.7 Å². The Morgan fingerprint density at radius 1 is 0.655 bits per heavy atom. The summed E-state index contributed by atoms with van der Waals surface area (Å²) in [5.74, 6) is 0. The van der Waals surface area contributed by atoms with Gasteiger partial charge in [-0.1, -0.05) is 36.4 Å². The Labute approximate surface area is 203 Å². The first-order valence-electron chi connectivity index (χ1n) is 8.32. The van der Waals surface area contributed by atoms with Crippen molar-refractivity contribution in [3.8, 4) is 0 Å². The summed E-state index contributed by atoms with van der Waals surface area (Å²) in [6.45, 7) is 6.05. The van der Waals surface area contributed by atoms with Crippen molar-refractivity contribution in [1.29, 1.82) is 0 Å². The average Bonchev–Trinajstić information content (AvgIpc) is 2.63. The molecule has 0 atom stereocenters. The molecule has 0 N–H and O–H groups in total. The fourth-order valence-corrected chi connectivity index (χ4v) is 2.54. The maximum Gasteiger partial charge on any atom is 3.00 e. The Kier molecular flexibility index (Phi) is 14.7. The third-order valence-electron chi connectivity index (χ3n) is 3.82. The van der Waals surface area contributed by atoms with Crippen LogP contribution in [0.3, 0.4) is 0 Å². The largest absolute Gasteiger partial charge is 3.00 e. The zero-order chi connectivity index (χ0) is 17.6. The number of para-hydroxylation sites is 2. The summed E-state index contributed by atoms with van der Waals surface area (Å²) in [6, 6.07) is 24.0. The van der Waals surface area contributed by atoms with Crippen molar-refractivity contribution in [1.82, 2.24) is 4.98 Å². The van der Waals surface area contributed by atoms with Gasteiger partial charge in [0.25, 0.3) is 0 Å². The van der Waals surface area contributed by atoms with E-state index in [1.807, 2.05) is 74.5 Å². The zero-order valence-corrected chi connectivity index (χ0v) is 20.0. The molecule has 29 heavy (non-hydrogen) atoms. The second-order valence-corrected chi connectivity index (χ2v) is 5.98.